The number of fused-ring (bicyclic) bond motifs is 1. The van der Waals surface area contributed by atoms with Crippen LogP contribution in [0.2, 0.25) is 10.0 Å². The van der Waals surface area contributed by atoms with Crippen molar-refractivity contribution in [1.82, 2.24) is 0 Å². The molecule has 0 fully saturated rings. The third-order valence-electron chi connectivity index (χ3n) is 3.91. The quantitative estimate of drug-likeness (QED) is 0.540. The highest BCUT2D eigenvalue weighted by atomic mass is 35.5. The van der Waals surface area contributed by atoms with Crippen LogP contribution in [0.25, 0.3) is 17.0 Å². The lowest BCUT2D eigenvalue weighted by atomic mass is 10.2. The molecule has 0 atom stereocenters. The van der Waals surface area contributed by atoms with Gasteiger partial charge in [-0.15, -0.1) is 0 Å². The lowest BCUT2D eigenvalue weighted by Crippen LogP contribution is -2.12. The van der Waals surface area contributed by atoms with E-state index in [0.717, 1.165) is 5.41 Å². The number of halogens is 2. The van der Waals surface area contributed by atoms with E-state index in [1.54, 1.807) is 18.2 Å². The monoisotopic (exact) mass is 440 g/mol. The number of rotatable bonds is 5. The Labute approximate surface area is 170 Å². The molecular weight excluding hydrogens is 427 g/mol. The van der Waals surface area contributed by atoms with Gasteiger partial charge in [0.25, 0.3) is 0 Å². The molecule has 1 heterocycles. The highest BCUT2D eigenvalue weighted by molar-refractivity contribution is 7.94. The average molecular weight is 441 g/mol. The predicted octanol–water partition coefficient (Wildman–Crippen LogP) is 4.56. The number of hydrogen-bond acceptors (Lipinski definition) is 6. The van der Waals surface area contributed by atoms with Crippen LogP contribution >= 0.6 is 23.2 Å². The van der Waals surface area contributed by atoms with Crippen LogP contribution in [-0.2, 0) is 9.84 Å². The summed E-state index contributed by atoms with van der Waals surface area (Å²) in [6, 6.07) is 8.86. The van der Waals surface area contributed by atoms with E-state index >= 15 is 0 Å². The van der Waals surface area contributed by atoms with E-state index in [2.05, 4.69) is 0 Å². The fourth-order valence-corrected chi connectivity index (χ4v) is 4.00. The first-order valence-corrected chi connectivity index (χ1v) is 10.1. The smallest absolute Gasteiger partial charge is 0.355 e. The number of methoxy groups -OCH3 is 2. The minimum Gasteiger partial charge on any atom is -0.496 e. The Kier molecular flexibility index (Phi) is 5.69. The Bertz CT molecular complexity index is 1250. The molecule has 0 aliphatic heterocycles. The molecular formula is C19H14Cl2O6S. The van der Waals surface area contributed by atoms with Gasteiger partial charge in [-0.2, -0.15) is 0 Å². The average Bonchev–Trinajstić information content (AvgIpc) is 2.65. The molecule has 0 amide bonds. The summed E-state index contributed by atoms with van der Waals surface area (Å²) >= 11 is 11.9. The molecule has 3 rings (SSSR count). The van der Waals surface area contributed by atoms with Gasteiger partial charge >= 0.3 is 5.63 Å². The fraction of sp³-hybridized carbons (Fsp3) is 0.105. The van der Waals surface area contributed by atoms with Gasteiger partial charge in [-0.3, -0.25) is 0 Å². The summed E-state index contributed by atoms with van der Waals surface area (Å²) in [7, 11) is -1.25. The molecule has 3 aromatic rings. The van der Waals surface area contributed by atoms with Crippen molar-refractivity contribution in [1.29, 1.82) is 0 Å². The minimum absolute atomic E-state index is 0.143. The van der Waals surface area contributed by atoms with E-state index in [9.17, 15) is 13.2 Å². The molecule has 0 saturated heterocycles. The van der Waals surface area contributed by atoms with E-state index in [0.29, 0.717) is 27.5 Å². The van der Waals surface area contributed by atoms with Crippen LogP contribution in [-0.4, -0.2) is 22.6 Å². The molecule has 146 valence electrons. The first kappa shape index (κ1) is 20.3. The van der Waals surface area contributed by atoms with Crippen molar-refractivity contribution >= 4 is 50.1 Å². The molecule has 0 unspecified atom stereocenters. The van der Waals surface area contributed by atoms with Crippen molar-refractivity contribution in [2.45, 2.75) is 4.90 Å². The molecule has 0 bridgehead atoms. The molecule has 0 radical (unpaired) electrons. The summed E-state index contributed by atoms with van der Waals surface area (Å²) in [6.45, 7) is 0. The van der Waals surface area contributed by atoms with Crippen LogP contribution in [0.3, 0.4) is 0 Å². The molecule has 0 aliphatic rings. The van der Waals surface area contributed by atoms with E-state index in [1.807, 2.05) is 0 Å². The predicted molar refractivity (Wildman–Crippen MR) is 108 cm³/mol. The molecule has 1 aromatic heterocycles. The van der Waals surface area contributed by atoms with Gasteiger partial charge in [0.05, 0.1) is 19.6 Å². The molecule has 0 spiro atoms. The summed E-state index contributed by atoms with van der Waals surface area (Å²) in [5, 5.41) is 1.90. The summed E-state index contributed by atoms with van der Waals surface area (Å²) in [5.41, 5.74) is -0.429. The topological polar surface area (TPSA) is 82.8 Å². The van der Waals surface area contributed by atoms with Gasteiger partial charge in [0, 0.05) is 27.6 Å². The van der Waals surface area contributed by atoms with Crippen LogP contribution in [0, 0.1) is 0 Å². The Morgan fingerprint density at radius 1 is 1.04 bits per heavy atom. The summed E-state index contributed by atoms with van der Waals surface area (Å²) < 4.78 is 40.9. The van der Waals surface area contributed by atoms with Gasteiger partial charge in [-0.1, -0.05) is 29.3 Å². The van der Waals surface area contributed by atoms with Gasteiger partial charge in [-0.25, -0.2) is 13.2 Å². The SMILES string of the molecule is COc1cc(OC)c2cc(S(=O)(=O)/C=C/c3ccc(Cl)cc3Cl)c(=O)oc2c1. The second-order valence-electron chi connectivity index (χ2n) is 5.65. The molecule has 0 aliphatic carbocycles. The van der Waals surface area contributed by atoms with E-state index in [1.165, 1.54) is 38.5 Å². The first-order chi connectivity index (χ1) is 13.2. The number of benzene rings is 2. The zero-order valence-corrected chi connectivity index (χ0v) is 17.1. The van der Waals surface area contributed by atoms with Crippen molar-refractivity contribution in [3.63, 3.8) is 0 Å². The van der Waals surface area contributed by atoms with Crippen LogP contribution < -0.4 is 15.1 Å². The number of hydrogen-bond donors (Lipinski definition) is 0. The number of sulfone groups is 1. The van der Waals surface area contributed by atoms with Gasteiger partial charge in [0.2, 0.25) is 9.84 Å². The second-order valence-corrected chi connectivity index (χ2v) is 8.30. The molecule has 0 N–H and O–H groups in total. The third-order valence-corrected chi connectivity index (χ3v) is 5.86. The maximum Gasteiger partial charge on any atom is 0.355 e. The number of ether oxygens (including phenoxy) is 2. The minimum atomic E-state index is -4.11. The highest BCUT2D eigenvalue weighted by Gasteiger charge is 2.20. The highest BCUT2D eigenvalue weighted by Crippen LogP contribution is 2.32. The first-order valence-electron chi connectivity index (χ1n) is 7.83. The summed E-state index contributed by atoms with van der Waals surface area (Å²) in [4.78, 5) is 11.8. The van der Waals surface area contributed by atoms with Gasteiger partial charge in [0.1, 0.15) is 17.1 Å². The lowest BCUT2D eigenvalue weighted by Gasteiger charge is -2.08. The Balaban J connectivity index is 2.12. The van der Waals surface area contributed by atoms with Crippen molar-refractivity contribution in [3.05, 3.63) is 67.8 Å². The van der Waals surface area contributed by atoms with Crippen molar-refractivity contribution < 1.29 is 22.3 Å². The molecule has 9 heteroatoms. The van der Waals surface area contributed by atoms with Gasteiger partial charge < -0.3 is 13.9 Å². The van der Waals surface area contributed by atoms with Crippen LogP contribution in [0.5, 0.6) is 11.5 Å². The fourth-order valence-electron chi connectivity index (χ4n) is 2.50. The van der Waals surface area contributed by atoms with Crippen LogP contribution in [0.1, 0.15) is 5.56 Å². The lowest BCUT2D eigenvalue weighted by molar-refractivity contribution is 0.395. The summed E-state index contributed by atoms with van der Waals surface area (Å²) in [5.74, 6) is 0.708. The van der Waals surface area contributed by atoms with E-state index < -0.39 is 20.4 Å². The van der Waals surface area contributed by atoms with Crippen molar-refractivity contribution in [2.75, 3.05) is 14.2 Å². The standard InChI is InChI=1S/C19H14Cl2O6S/c1-25-13-8-16(26-2)14-10-18(19(22)27-17(14)9-13)28(23,24)6-5-11-3-4-12(20)7-15(11)21/h3-10H,1-2H3/b6-5+. The van der Waals surface area contributed by atoms with E-state index in [-0.39, 0.29) is 10.6 Å². The largest absolute Gasteiger partial charge is 0.496 e. The third kappa shape index (κ3) is 4.01. The second kappa shape index (κ2) is 7.87. The zero-order chi connectivity index (χ0) is 20.5. The molecule has 28 heavy (non-hydrogen) atoms. The molecule has 0 saturated carbocycles. The Morgan fingerprint density at radius 2 is 1.79 bits per heavy atom. The van der Waals surface area contributed by atoms with Crippen molar-refractivity contribution in [2.24, 2.45) is 0 Å². The molecule has 2 aromatic carbocycles. The Hall–Kier alpha value is -2.48. The van der Waals surface area contributed by atoms with Crippen molar-refractivity contribution in [3.8, 4) is 11.5 Å². The zero-order valence-electron chi connectivity index (χ0n) is 14.7. The molecule has 6 nitrogen and oxygen atoms in total. The maximum absolute atomic E-state index is 12.7. The normalized spacial score (nSPS) is 11.9. The van der Waals surface area contributed by atoms with Gasteiger partial charge in [0.15, 0.2) is 4.90 Å². The summed E-state index contributed by atoms with van der Waals surface area (Å²) in [6.07, 6.45) is 1.28. The van der Waals surface area contributed by atoms with E-state index in [4.69, 9.17) is 37.1 Å². The van der Waals surface area contributed by atoms with Crippen LogP contribution in [0.4, 0.5) is 0 Å². The Morgan fingerprint density at radius 3 is 2.43 bits per heavy atom. The maximum atomic E-state index is 12.7. The van der Waals surface area contributed by atoms with Gasteiger partial charge in [-0.05, 0) is 29.8 Å². The van der Waals surface area contributed by atoms with Crippen LogP contribution in [0.15, 0.2) is 55.9 Å².